The number of hydrogen-bond acceptors (Lipinski definition) is 3. The van der Waals surface area contributed by atoms with Crippen molar-refractivity contribution in [2.45, 2.75) is 25.8 Å². The van der Waals surface area contributed by atoms with E-state index < -0.39 is 0 Å². The fraction of sp³-hybridized carbons (Fsp3) is 0.333. The predicted molar refractivity (Wildman–Crippen MR) is 73.6 cm³/mol. The smallest absolute Gasteiger partial charge is 0.224 e. The van der Waals surface area contributed by atoms with Crippen LogP contribution in [-0.2, 0) is 0 Å². The first kappa shape index (κ1) is 11.2. The maximum Gasteiger partial charge on any atom is 0.224 e. The molecule has 0 atom stereocenters. The van der Waals surface area contributed by atoms with Crippen LogP contribution in [0.1, 0.15) is 18.4 Å². The third-order valence-corrected chi connectivity index (χ3v) is 3.72. The van der Waals surface area contributed by atoms with Crippen molar-refractivity contribution in [1.82, 2.24) is 9.97 Å². The molecule has 3 nitrogen and oxygen atoms in total. The van der Waals surface area contributed by atoms with Gasteiger partial charge in [0.05, 0.1) is 10.9 Å². The van der Waals surface area contributed by atoms with E-state index in [9.17, 15) is 0 Å². The second-order valence-corrected chi connectivity index (χ2v) is 5.54. The molecule has 0 bridgehead atoms. The fourth-order valence-corrected chi connectivity index (χ4v) is 2.51. The largest absolute Gasteiger partial charge is 0.367 e. The van der Waals surface area contributed by atoms with Gasteiger partial charge in [-0.15, -0.1) is 0 Å². The Kier molecular flexibility index (Phi) is 2.71. The van der Waals surface area contributed by atoms with Gasteiger partial charge in [-0.3, -0.25) is 0 Å². The summed E-state index contributed by atoms with van der Waals surface area (Å²) in [7, 11) is 0. The van der Waals surface area contributed by atoms with Gasteiger partial charge in [-0.1, -0.05) is 6.07 Å². The van der Waals surface area contributed by atoms with Crippen LogP contribution in [0.5, 0.6) is 0 Å². The van der Waals surface area contributed by atoms with Gasteiger partial charge in [0.25, 0.3) is 0 Å². The molecule has 0 aliphatic heterocycles. The Morgan fingerprint density at radius 1 is 1.35 bits per heavy atom. The van der Waals surface area contributed by atoms with Crippen molar-refractivity contribution < 1.29 is 0 Å². The van der Waals surface area contributed by atoms with Crippen LogP contribution in [-0.4, -0.2) is 16.0 Å². The molecule has 1 heterocycles. The number of aryl methyl sites for hydroxylation is 1. The van der Waals surface area contributed by atoms with Crippen LogP contribution in [0.3, 0.4) is 0 Å². The van der Waals surface area contributed by atoms with E-state index in [1.165, 1.54) is 12.8 Å². The molecule has 88 valence electrons. The Morgan fingerprint density at radius 3 is 2.82 bits per heavy atom. The Bertz CT molecular complexity index is 596. The van der Waals surface area contributed by atoms with Gasteiger partial charge in [-0.05, 0) is 58.9 Å². The predicted octanol–water partition coefficient (Wildman–Crippen LogP) is 3.93. The average molecular weight is 313 g/mol. The van der Waals surface area contributed by atoms with Gasteiger partial charge in [-0.2, -0.15) is 0 Å². The van der Waals surface area contributed by atoms with E-state index in [2.05, 4.69) is 31.2 Å². The number of aromatic nitrogens is 2. The summed E-state index contributed by atoms with van der Waals surface area (Å²) in [6.45, 7) is 2.03. The average Bonchev–Trinajstić information content (AvgIpc) is 3.07. The van der Waals surface area contributed by atoms with Gasteiger partial charge >= 0.3 is 0 Å². The van der Waals surface area contributed by atoms with Crippen LogP contribution >= 0.6 is 27.5 Å². The normalized spacial score (nSPS) is 15.2. The summed E-state index contributed by atoms with van der Waals surface area (Å²) in [5, 5.41) is 4.71. The monoisotopic (exact) mass is 311 g/mol. The van der Waals surface area contributed by atoms with Crippen LogP contribution in [0.4, 0.5) is 5.82 Å². The highest BCUT2D eigenvalue weighted by atomic mass is 79.9. The molecule has 1 saturated carbocycles. The van der Waals surface area contributed by atoms with E-state index in [1.54, 1.807) is 0 Å². The summed E-state index contributed by atoms with van der Waals surface area (Å²) in [4.78, 5) is 8.61. The molecule has 3 rings (SSSR count). The Hall–Kier alpha value is -0.870. The summed E-state index contributed by atoms with van der Waals surface area (Å²) in [5.41, 5.74) is 2.01. The lowest BCUT2D eigenvalue weighted by Crippen LogP contribution is -2.05. The molecule has 1 aliphatic carbocycles. The lowest BCUT2D eigenvalue weighted by atomic mass is 10.1. The second-order valence-electron chi connectivity index (χ2n) is 4.35. The van der Waals surface area contributed by atoms with E-state index in [0.717, 1.165) is 26.8 Å². The number of rotatable bonds is 2. The zero-order chi connectivity index (χ0) is 12.0. The molecule has 0 amide bonds. The maximum absolute atomic E-state index is 5.97. The third-order valence-electron chi connectivity index (χ3n) is 2.89. The van der Waals surface area contributed by atoms with Crippen molar-refractivity contribution in [3.05, 3.63) is 27.5 Å². The highest BCUT2D eigenvalue weighted by Gasteiger charge is 2.23. The number of halogens is 2. The number of benzene rings is 1. The summed E-state index contributed by atoms with van der Waals surface area (Å²) < 4.78 is 0.998. The topological polar surface area (TPSA) is 37.8 Å². The molecule has 0 unspecified atom stereocenters. The van der Waals surface area contributed by atoms with E-state index in [-0.39, 0.29) is 0 Å². The first-order chi connectivity index (χ1) is 8.15. The van der Waals surface area contributed by atoms with Gasteiger partial charge in [0.2, 0.25) is 5.28 Å². The molecule has 0 spiro atoms. The van der Waals surface area contributed by atoms with Crippen molar-refractivity contribution in [2.24, 2.45) is 0 Å². The van der Waals surface area contributed by atoms with Crippen molar-refractivity contribution in [1.29, 1.82) is 0 Å². The summed E-state index contributed by atoms with van der Waals surface area (Å²) in [5.74, 6) is 0.832. The van der Waals surface area contributed by atoms with E-state index in [0.29, 0.717) is 11.3 Å². The van der Waals surface area contributed by atoms with E-state index >= 15 is 0 Å². The molecule has 17 heavy (non-hydrogen) atoms. The Balaban J connectivity index is 2.27. The van der Waals surface area contributed by atoms with Crippen LogP contribution in [0.15, 0.2) is 16.6 Å². The third kappa shape index (κ3) is 2.11. The summed E-state index contributed by atoms with van der Waals surface area (Å²) in [6.07, 6.45) is 2.40. The zero-order valence-electron chi connectivity index (χ0n) is 9.30. The zero-order valence-corrected chi connectivity index (χ0v) is 11.6. The Morgan fingerprint density at radius 2 is 2.12 bits per heavy atom. The molecule has 0 saturated heterocycles. The van der Waals surface area contributed by atoms with E-state index in [4.69, 9.17) is 11.6 Å². The maximum atomic E-state index is 5.97. The standard InChI is InChI=1S/C12H11BrClN3/c1-6-2-5-8(13)9-10(6)16-12(14)17-11(9)15-7-3-4-7/h2,5,7H,3-4H2,1H3,(H,15,16,17). The van der Waals surface area contributed by atoms with Gasteiger partial charge in [-0.25, -0.2) is 9.97 Å². The van der Waals surface area contributed by atoms with E-state index in [1.807, 2.05) is 19.1 Å². The van der Waals surface area contributed by atoms with Crippen LogP contribution in [0.25, 0.3) is 10.9 Å². The number of anilines is 1. The second kappa shape index (κ2) is 4.10. The summed E-state index contributed by atoms with van der Waals surface area (Å²) in [6, 6.07) is 4.58. The van der Waals surface area contributed by atoms with Gasteiger partial charge in [0, 0.05) is 10.5 Å². The lowest BCUT2D eigenvalue weighted by Gasteiger charge is -2.10. The molecule has 1 fully saturated rings. The highest BCUT2D eigenvalue weighted by Crippen LogP contribution is 2.34. The van der Waals surface area contributed by atoms with Crippen LogP contribution in [0, 0.1) is 6.92 Å². The first-order valence-corrected chi connectivity index (χ1v) is 6.71. The minimum Gasteiger partial charge on any atom is -0.367 e. The number of nitrogens with zero attached hydrogens (tertiary/aromatic N) is 2. The minimum atomic E-state index is 0.293. The van der Waals surface area contributed by atoms with Crippen LogP contribution < -0.4 is 5.32 Å². The van der Waals surface area contributed by atoms with Crippen molar-refractivity contribution in [2.75, 3.05) is 5.32 Å². The first-order valence-electron chi connectivity index (χ1n) is 5.54. The fourth-order valence-electron chi connectivity index (χ4n) is 1.83. The quantitative estimate of drug-likeness (QED) is 0.854. The molecule has 1 aromatic carbocycles. The molecule has 1 aliphatic rings. The number of hydrogen-bond donors (Lipinski definition) is 1. The van der Waals surface area contributed by atoms with Gasteiger partial charge in [0.15, 0.2) is 0 Å². The molecule has 1 N–H and O–H groups in total. The van der Waals surface area contributed by atoms with Crippen molar-refractivity contribution >= 4 is 44.3 Å². The van der Waals surface area contributed by atoms with Gasteiger partial charge < -0.3 is 5.32 Å². The molecule has 2 aromatic rings. The van der Waals surface area contributed by atoms with Crippen molar-refractivity contribution in [3.63, 3.8) is 0 Å². The number of fused-ring (bicyclic) bond motifs is 1. The van der Waals surface area contributed by atoms with Gasteiger partial charge in [0.1, 0.15) is 5.82 Å². The molecule has 1 aromatic heterocycles. The molecule has 0 radical (unpaired) electrons. The van der Waals surface area contributed by atoms with Crippen LogP contribution in [0.2, 0.25) is 5.28 Å². The lowest BCUT2D eigenvalue weighted by molar-refractivity contribution is 1.10. The summed E-state index contributed by atoms with van der Waals surface area (Å²) >= 11 is 9.53. The van der Waals surface area contributed by atoms with Crippen molar-refractivity contribution in [3.8, 4) is 0 Å². The molecular weight excluding hydrogens is 302 g/mol. The number of nitrogens with one attached hydrogen (secondary N) is 1. The molecule has 5 heteroatoms. The SMILES string of the molecule is Cc1ccc(Br)c2c(NC3CC3)nc(Cl)nc12. The highest BCUT2D eigenvalue weighted by molar-refractivity contribution is 9.10. The molecular formula is C12H11BrClN3. The Labute approximate surface area is 113 Å². The minimum absolute atomic E-state index is 0.293.